The minimum Gasteiger partial charge on any atom is -0.379 e. The largest absolute Gasteiger partial charge is 0.379 e. The van der Waals surface area contributed by atoms with Gasteiger partial charge in [0.05, 0.1) is 5.60 Å². The fourth-order valence-electron chi connectivity index (χ4n) is 2.24. The first-order chi connectivity index (χ1) is 8.98. The fourth-order valence-corrected chi connectivity index (χ4v) is 2.24. The van der Waals surface area contributed by atoms with Crippen LogP contribution in [0.25, 0.3) is 0 Å². The predicted octanol–water partition coefficient (Wildman–Crippen LogP) is 2.54. The standard InChI is InChI=1S/C15H29N3O/c1-6-9-16-13(12-15(2,3)19-5)7-8-14-17-10-11-18(14)4/h10-11,13,16H,6-9,12H2,1-5H3. The molecule has 1 rings (SSSR count). The van der Waals surface area contributed by atoms with Gasteiger partial charge in [0.15, 0.2) is 0 Å². The van der Waals surface area contributed by atoms with E-state index in [-0.39, 0.29) is 5.60 Å². The van der Waals surface area contributed by atoms with Gasteiger partial charge in [-0.1, -0.05) is 6.92 Å². The smallest absolute Gasteiger partial charge is 0.108 e. The lowest BCUT2D eigenvalue weighted by molar-refractivity contribution is 0.00638. The van der Waals surface area contributed by atoms with Crippen LogP contribution in [0.5, 0.6) is 0 Å². The lowest BCUT2D eigenvalue weighted by Gasteiger charge is -2.29. The zero-order valence-corrected chi connectivity index (χ0v) is 13.1. The maximum Gasteiger partial charge on any atom is 0.108 e. The molecule has 0 fully saturated rings. The third kappa shape index (κ3) is 5.74. The summed E-state index contributed by atoms with van der Waals surface area (Å²) in [6.45, 7) is 7.55. The zero-order valence-electron chi connectivity index (χ0n) is 13.1. The van der Waals surface area contributed by atoms with Crippen molar-refractivity contribution in [2.24, 2.45) is 7.05 Å². The van der Waals surface area contributed by atoms with E-state index in [1.165, 1.54) is 0 Å². The number of methoxy groups -OCH3 is 1. The van der Waals surface area contributed by atoms with Crippen molar-refractivity contribution in [1.82, 2.24) is 14.9 Å². The molecule has 1 N–H and O–H groups in total. The van der Waals surface area contributed by atoms with Gasteiger partial charge < -0.3 is 14.6 Å². The molecule has 0 aromatic carbocycles. The molecule has 0 saturated heterocycles. The number of rotatable bonds is 9. The van der Waals surface area contributed by atoms with Crippen LogP contribution in [0.4, 0.5) is 0 Å². The average Bonchev–Trinajstić information content (AvgIpc) is 2.78. The first-order valence-corrected chi connectivity index (χ1v) is 7.23. The number of aromatic nitrogens is 2. The van der Waals surface area contributed by atoms with Crippen LogP contribution in [-0.4, -0.2) is 34.8 Å². The lowest BCUT2D eigenvalue weighted by atomic mass is 9.95. The second-order valence-electron chi connectivity index (χ2n) is 5.81. The van der Waals surface area contributed by atoms with Crippen LogP contribution in [0, 0.1) is 0 Å². The van der Waals surface area contributed by atoms with Crippen LogP contribution in [0.3, 0.4) is 0 Å². The van der Waals surface area contributed by atoms with Gasteiger partial charge in [-0.25, -0.2) is 4.98 Å². The van der Waals surface area contributed by atoms with Gasteiger partial charge in [0.1, 0.15) is 5.82 Å². The van der Waals surface area contributed by atoms with E-state index < -0.39 is 0 Å². The highest BCUT2D eigenvalue weighted by molar-refractivity contribution is 4.92. The van der Waals surface area contributed by atoms with Gasteiger partial charge in [-0.3, -0.25) is 0 Å². The summed E-state index contributed by atoms with van der Waals surface area (Å²) in [6, 6.07) is 0.478. The summed E-state index contributed by atoms with van der Waals surface area (Å²) in [6.07, 6.45) is 8.15. The van der Waals surface area contributed by atoms with Crippen molar-refractivity contribution >= 4 is 0 Å². The zero-order chi connectivity index (χ0) is 14.3. The molecule has 0 bridgehead atoms. The number of hydrogen-bond acceptors (Lipinski definition) is 3. The Morgan fingerprint density at radius 2 is 2.21 bits per heavy atom. The van der Waals surface area contributed by atoms with Crippen LogP contribution >= 0.6 is 0 Å². The molecule has 1 unspecified atom stereocenters. The number of imidazole rings is 1. The van der Waals surface area contributed by atoms with Crippen molar-refractivity contribution in [2.45, 2.75) is 58.1 Å². The molecule has 110 valence electrons. The van der Waals surface area contributed by atoms with Crippen molar-refractivity contribution in [3.8, 4) is 0 Å². The lowest BCUT2D eigenvalue weighted by Crippen LogP contribution is -2.38. The number of nitrogens with zero attached hydrogens (tertiary/aromatic N) is 2. The van der Waals surface area contributed by atoms with Gasteiger partial charge in [0.25, 0.3) is 0 Å². The van der Waals surface area contributed by atoms with Gasteiger partial charge in [-0.05, 0) is 39.7 Å². The normalized spacial score (nSPS) is 13.7. The van der Waals surface area contributed by atoms with Crippen molar-refractivity contribution in [3.63, 3.8) is 0 Å². The molecule has 0 saturated carbocycles. The number of hydrogen-bond donors (Lipinski definition) is 1. The second-order valence-corrected chi connectivity index (χ2v) is 5.81. The molecule has 1 heterocycles. The highest BCUT2D eigenvalue weighted by Gasteiger charge is 2.22. The molecular weight excluding hydrogens is 238 g/mol. The molecule has 0 aliphatic heterocycles. The summed E-state index contributed by atoms with van der Waals surface area (Å²) in [4.78, 5) is 4.39. The summed E-state index contributed by atoms with van der Waals surface area (Å²) in [7, 11) is 3.84. The third-order valence-corrected chi connectivity index (χ3v) is 3.61. The maximum absolute atomic E-state index is 5.55. The molecule has 4 heteroatoms. The Bertz CT molecular complexity index is 360. The summed E-state index contributed by atoms with van der Waals surface area (Å²) in [5.41, 5.74) is -0.0763. The van der Waals surface area contributed by atoms with E-state index in [1.54, 1.807) is 7.11 Å². The van der Waals surface area contributed by atoms with Crippen LogP contribution in [-0.2, 0) is 18.2 Å². The van der Waals surface area contributed by atoms with Crippen molar-refractivity contribution in [1.29, 1.82) is 0 Å². The van der Waals surface area contributed by atoms with E-state index in [9.17, 15) is 0 Å². The van der Waals surface area contributed by atoms with Crippen LogP contribution in [0.2, 0.25) is 0 Å². The van der Waals surface area contributed by atoms with Gasteiger partial charge >= 0.3 is 0 Å². The SMILES string of the molecule is CCCNC(CCc1nccn1C)CC(C)(C)OC. The van der Waals surface area contributed by atoms with E-state index in [4.69, 9.17) is 4.74 Å². The minimum atomic E-state index is -0.0763. The highest BCUT2D eigenvalue weighted by atomic mass is 16.5. The Morgan fingerprint density at radius 3 is 2.74 bits per heavy atom. The molecule has 0 aliphatic rings. The molecule has 1 atom stereocenters. The van der Waals surface area contributed by atoms with Gasteiger partial charge in [0.2, 0.25) is 0 Å². The van der Waals surface area contributed by atoms with Crippen LogP contribution < -0.4 is 5.32 Å². The molecular formula is C15H29N3O. The maximum atomic E-state index is 5.55. The topological polar surface area (TPSA) is 39.1 Å². The number of aryl methyl sites for hydroxylation is 2. The van der Waals surface area contributed by atoms with Crippen molar-refractivity contribution < 1.29 is 4.74 Å². The van der Waals surface area contributed by atoms with Gasteiger partial charge in [0, 0.05) is 39.0 Å². The Hall–Kier alpha value is -0.870. The second kappa shape index (κ2) is 7.65. The van der Waals surface area contributed by atoms with Crippen LogP contribution in [0.1, 0.15) is 45.9 Å². The summed E-state index contributed by atoms with van der Waals surface area (Å²) < 4.78 is 7.64. The Labute approximate surface area is 117 Å². The monoisotopic (exact) mass is 267 g/mol. The molecule has 1 aromatic heterocycles. The minimum absolute atomic E-state index is 0.0763. The summed E-state index contributed by atoms with van der Waals surface area (Å²) in [5, 5.41) is 3.62. The average molecular weight is 267 g/mol. The molecule has 1 aromatic rings. The Morgan fingerprint density at radius 1 is 1.47 bits per heavy atom. The molecule has 19 heavy (non-hydrogen) atoms. The fraction of sp³-hybridized carbons (Fsp3) is 0.800. The molecule has 0 aliphatic carbocycles. The van der Waals surface area contributed by atoms with Gasteiger partial charge in [-0.15, -0.1) is 0 Å². The highest BCUT2D eigenvalue weighted by Crippen LogP contribution is 2.18. The summed E-state index contributed by atoms with van der Waals surface area (Å²) >= 11 is 0. The van der Waals surface area contributed by atoms with E-state index in [2.05, 4.69) is 42.7 Å². The number of nitrogens with one attached hydrogen (secondary N) is 1. The van der Waals surface area contributed by atoms with Crippen LogP contribution in [0.15, 0.2) is 12.4 Å². The Kier molecular flexibility index (Phi) is 6.52. The predicted molar refractivity (Wildman–Crippen MR) is 79.3 cm³/mol. The molecule has 0 amide bonds. The van der Waals surface area contributed by atoms with Crippen molar-refractivity contribution in [2.75, 3.05) is 13.7 Å². The van der Waals surface area contributed by atoms with Crippen molar-refractivity contribution in [3.05, 3.63) is 18.2 Å². The first-order valence-electron chi connectivity index (χ1n) is 7.23. The number of ether oxygens (including phenoxy) is 1. The molecule has 4 nitrogen and oxygen atoms in total. The van der Waals surface area contributed by atoms with Gasteiger partial charge in [-0.2, -0.15) is 0 Å². The summed E-state index contributed by atoms with van der Waals surface area (Å²) in [5.74, 6) is 1.15. The Balaban J connectivity index is 2.51. The van der Waals surface area contributed by atoms with E-state index in [0.717, 1.165) is 38.1 Å². The molecule has 0 radical (unpaired) electrons. The van der Waals surface area contributed by atoms with E-state index >= 15 is 0 Å². The van der Waals surface area contributed by atoms with E-state index in [1.807, 2.05) is 12.4 Å². The quantitative estimate of drug-likeness (QED) is 0.747. The van der Waals surface area contributed by atoms with E-state index in [0.29, 0.717) is 6.04 Å². The first kappa shape index (κ1) is 16.2. The third-order valence-electron chi connectivity index (χ3n) is 3.61. The molecule has 0 spiro atoms.